The third-order valence-corrected chi connectivity index (χ3v) is 3.22. The average Bonchev–Trinajstić information content (AvgIpc) is 2.47. The van der Waals surface area contributed by atoms with Crippen molar-refractivity contribution >= 4 is 11.3 Å². The van der Waals surface area contributed by atoms with Gasteiger partial charge in [0.05, 0.1) is 10.7 Å². The van der Waals surface area contributed by atoms with Crippen molar-refractivity contribution in [1.29, 1.82) is 0 Å². The number of aromatic nitrogens is 1. The Morgan fingerprint density at radius 1 is 1.40 bits per heavy atom. The van der Waals surface area contributed by atoms with Gasteiger partial charge in [0, 0.05) is 11.4 Å². The van der Waals surface area contributed by atoms with Gasteiger partial charge in [0.1, 0.15) is 0 Å². The van der Waals surface area contributed by atoms with Gasteiger partial charge in [0.15, 0.2) is 0 Å². The zero-order valence-corrected chi connectivity index (χ0v) is 11.1. The highest BCUT2D eigenvalue weighted by molar-refractivity contribution is 7.11. The molecular weight excluding hydrogens is 204 g/mol. The highest BCUT2D eigenvalue weighted by Crippen LogP contribution is 2.19. The number of aryl methyl sites for hydroxylation is 2. The van der Waals surface area contributed by atoms with Crippen LogP contribution in [0.15, 0.2) is 0 Å². The monoisotopic (exact) mass is 226 g/mol. The summed E-state index contributed by atoms with van der Waals surface area (Å²) in [5.41, 5.74) is 1.30. The average molecular weight is 226 g/mol. The Kier molecular flexibility index (Phi) is 5.26. The Labute approximate surface area is 97.1 Å². The fourth-order valence-corrected chi connectivity index (χ4v) is 2.51. The minimum absolute atomic E-state index is 0.716. The van der Waals surface area contributed by atoms with Gasteiger partial charge in [-0.25, -0.2) is 4.98 Å². The molecule has 0 aliphatic rings. The first kappa shape index (κ1) is 12.7. The van der Waals surface area contributed by atoms with Crippen molar-refractivity contribution in [2.24, 2.45) is 5.92 Å². The smallest absolute Gasteiger partial charge is 0.0900 e. The van der Waals surface area contributed by atoms with E-state index in [4.69, 9.17) is 0 Å². The first-order valence-electron chi connectivity index (χ1n) is 5.79. The van der Waals surface area contributed by atoms with Gasteiger partial charge >= 0.3 is 0 Å². The Balaban J connectivity index is 2.51. The van der Waals surface area contributed by atoms with Crippen LogP contribution in [-0.2, 0) is 13.0 Å². The van der Waals surface area contributed by atoms with Crippen LogP contribution in [0.3, 0.4) is 0 Å². The van der Waals surface area contributed by atoms with E-state index in [2.05, 4.69) is 38.0 Å². The lowest BCUT2D eigenvalue weighted by Gasteiger charge is -2.06. The molecule has 15 heavy (non-hydrogen) atoms. The van der Waals surface area contributed by atoms with Gasteiger partial charge in [-0.05, 0) is 25.8 Å². The summed E-state index contributed by atoms with van der Waals surface area (Å²) in [6.07, 6.45) is 2.30. The Morgan fingerprint density at radius 3 is 2.73 bits per heavy atom. The van der Waals surface area contributed by atoms with E-state index in [0.717, 1.165) is 19.5 Å². The van der Waals surface area contributed by atoms with Crippen LogP contribution in [0.2, 0.25) is 0 Å². The van der Waals surface area contributed by atoms with Crippen molar-refractivity contribution in [2.75, 3.05) is 6.54 Å². The van der Waals surface area contributed by atoms with E-state index >= 15 is 0 Å². The van der Waals surface area contributed by atoms with Crippen molar-refractivity contribution in [1.82, 2.24) is 10.3 Å². The molecule has 0 aliphatic heterocycles. The Morgan fingerprint density at radius 2 is 2.13 bits per heavy atom. The van der Waals surface area contributed by atoms with Crippen molar-refractivity contribution < 1.29 is 0 Å². The fraction of sp³-hybridized carbons (Fsp3) is 0.750. The highest BCUT2D eigenvalue weighted by Gasteiger charge is 2.07. The molecule has 1 rings (SSSR count). The van der Waals surface area contributed by atoms with Gasteiger partial charge in [-0.15, -0.1) is 11.3 Å². The van der Waals surface area contributed by atoms with Crippen molar-refractivity contribution in [3.63, 3.8) is 0 Å². The number of nitrogens with one attached hydrogen (secondary N) is 1. The van der Waals surface area contributed by atoms with Crippen LogP contribution in [0.1, 0.15) is 42.8 Å². The first-order chi connectivity index (χ1) is 7.13. The molecular formula is C12H22N2S. The van der Waals surface area contributed by atoms with Crippen LogP contribution in [0, 0.1) is 12.8 Å². The van der Waals surface area contributed by atoms with Crippen molar-refractivity contribution in [3.8, 4) is 0 Å². The summed E-state index contributed by atoms with van der Waals surface area (Å²) in [5, 5.41) is 4.68. The minimum atomic E-state index is 0.716. The van der Waals surface area contributed by atoms with Crippen LogP contribution in [0.5, 0.6) is 0 Å². The number of nitrogens with zero attached hydrogens (tertiary/aromatic N) is 1. The number of thiazole rings is 1. The molecule has 3 heteroatoms. The summed E-state index contributed by atoms with van der Waals surface area (Å²) in [6.45, 7) is 10.8. The molecule has 0 saturated heterocycles. The maximum atomic E-state index is 4.58. The molecule has 0 amide bonds. The molecule has 1 aromatic heterocycles. The summed E-state index contributed by atoms with van der Waals surface area (Å²) in [6, 6.07) is 0. The van der Waals surface area contributed by atoms with E-state index in [9.17, 15) is 0 Å². The lowest BCUT2D eigenvalue weighted by atomic mass is 10.2. The van der Waals surface area contributed by atoms with Crippen LogP contribution in [-0.4, -0.2) is 11.5 Å². The van der Waals surface area contributed by atoms with Gasteiger partial charge in [0.2, 0.25) is 0 Å². The van der Waals surface area contributed by atoms with E-state index < -0.39 is 0 Å². The quantitative estimate of drug-likeness (QED) is 0.806. The first-order valence-corrected chi connectivity index (χ1v) is 6.61. The summed E-state index contributed by atoms with van der Waals surface area (Å²) in [7, 11) is 0. The van der Waals surface area contributed by atoms with Gasteiger partial charge < -0.3 is 5.32 Å². The third-order valence-electron chi connectivity index (χ3n) is 2.21. The predicted molar refractivity (Wildman–Crippen MR) is 67.4 cm³/mol. The lowest BCUT2D eigenvalue weighted by molar-refractivity contribution is 0.553. The predicted octanol–water partition coefficient (Wildman–Crippen LogP) is 3.15. The number of hydrogen-bond donors (Lipinski definition) is 1. The van der Waals surface area contributed by atoms with E-state index in [1.54, 1.807) is 0 Å². The summed E-state index contributed by atoms with van der Waals surface area (Å²) >= 11 is 1.83. The maximum absolute atomic E-state index is 4.58. The molecule has 1 heterocycles. The Bertz CT molecular complexity index is 292. The number of hydrogen-bond acceptors (Lipinski definition) is 3. The van der Waals surface area contributed by atoms with Gasteiger partial charge in [-0.3, -0.25) is 0 Å². The second kappa shape index (κ2) is 6.23. The van der Waals surface area contributed by atoms with Crippen LogP contribution < -0.4 is 5.32 Å². The summed E-state index contributed by atoms with van der Waals surface area (Å²) in [4.78, 5) is 6.00. The van der Waals surface area contributed by atoms with Crippen LogP contribution in [0.25, 0.3) is 0 Å². The van der Waals surface area contributed by atoms with Crippen LogP contribution in [0.4, 0.5) is 0 Å². The van der Waals surface area contributed by atoms with Gasteiger partial charge in [-0.2, -0.15) is 0 Å². The zero-order valence-electron chi connectivity index (χ0n) is 10.3. The van der Waals surface area contributed by atoms with Crippen molar-refractivity contribution in [2.45, 2.75) is 47.1 Å². The second-order valence-corrected chi connectivity index (χ2v) is 5.67. The molecule has 86 valence electrons. The molecule has 1 N–H and O–H groups in total. The lowest BCUT2D eigenvalue weighted by Crippen LogP contribution is -2.19. The molecule has 0 bridgehead atoms. The second-order valence-electron chi connectivity index (χ2n) is 4.38. The molecule has 0 aromatic carbocycles. The van der Waals surface area contributed by atoms with Crippen molar-refractivity contribution in [3.05, 3.63) is 15.6 Å². The van der Waals surface area contributed by atoms with E-state index in [0.29, 0.717) is 5.92 Å². The SMILES string of the molecule is CCCc1nc(C)sc1CNCC(C)C. The molecule has 0 atom stereocenters. The fourth-order valence-electron chi connectivity index (χ4n) is 1.56. The summed E-state index contributed by atoms with van der Waals surface area (Å²) < 4.78 is 0. The van der Waals surface area contributed by atoms with E-state index in [-0.39, 0.29) is 0 Å². The minimum Gasteiger partial charge on any atom is -0.312 e. The third kappa shape index (κ3) is 4.31. The molecule has 0 aliphatic carbocycles. The van der Waals surface area contributed by atoms with E-state index in [1.165, 1.54) is 22.0 Å². The molecule has 2 nitrogen and oxygen atoms in total. The highest BCUT2D eigenvalue weighted by atomic mass is 32.1. The molecule has 0 saturated carbocycles. The van der Waals surface area contributed by atoms with E-state index in [1.807, 2.05) is 11.3 Å². The normalized spacial score (nSPS) is 11.3. The Hall–Kier alpha value is -0.410. The van der Waals surface area contributed by atoms with Gasteiger partial charge in [0.25, 0.3) is 0 Å². The molecule has 0 unspecified atom stereocenters. The zero-order chi connectivity index (χ0) is 11.3. The van der Waals surface area contributed by atoms with Gasteiger partial charge in [-0.1, -0.05) is 27.2 Å². The standard InChI is InChI=1S/C12H22N2S/c1-5-6-11-12(15-10(4)14-11)8-13-7-9(2)3/h9,13H,5-8H2,1-4H3. The van der Waals surface area contributed by atoms with Crippen LogP contribution >= 0.6 is 11.3 Å². The summed E-state index contributed by atoms with van der Waals surface area (Å²) in [5.74, 6) is 0.716. The largest absolute Gasteiger partial charge is 0.312 e. The topological polar surface area (TPSA) is 24.9 Å². The maximum Gasteiger partial charge on any atom is 0.0900 e. The molecule has 1 aromatic rings. The molecule has 0 fully saturated rings. The molecule has 0 spiro atoms. The molecule has 0 radical (unpaired) electrons. The number of rotatable bonds is 6.